The van der Waals surface area contributed by atoms with Crippen molar-refractivity contribution in [3.63, 3.8) is 0 Å². The molecule has 0 radical (unpaired) electrons. The summed E-state index contributed by atoms with van der Waals surface area (Å²) in [7, 11) is 3.26. The Morgan fingerprint density at radius 3 is 2.45 bits per heavy atom. The van der Waals surface area contributed by atoms with Crippen LogP contribution in [0.15, 0.2) is 42.6 Å². The van der Waals surface area contributed by atoms with Gasteiger partial charge in [-0.1, -0.05) is 12.1 Å². The van der Waals surface area contributed by atoms with E-state index in [2.05, 4.69) is 24.2 Å². The van der Waals surface area contributed by atoms with Crippen molar-refractivity contribution in [2.45, 2.75) is 6.92 Å². The normalized spacial score (nSPS) is 10.8. The van der Waals surface area contributed by atoms with Crippen molar-refractivity contribution < 1.29 is 9.47 Å². The second-order valence-electron chi connectivity index (χ2n) is 4.68. The Morgan fingerprint density at radius 2 is 1.75 bits per heavy atom. The maximum Gasteiger partial charge on any atom is 0.162 e. The molecule has 0 saturated carbocycles. The second kappa shape index (κ2) is 4.89. The van der Waals surface area contributed by atoms with E-state index in [4.69, 9.17) is 9.47 Å². The minimum atomic E-state index is 0.689. The van der Waals surface area contributed by atoms with Crippen LogP contribution in [-0.2, 0) is 0 Å². The first-order chi connectivity index (χ1) is 9.71. The topological polar surface area (TPSA) is 36.3 Å². The number of hydrogen-bond acceptors (Lipinski definition) is 3. The Morgan fingerprint density at radius 1 is 1.00 bits per heavy atom. The lowest BCUT2D eigenvalue weighted by molar-refractivity contribution is 0.356. The van der Waals surface area contributed by atoms with Gasteiger partial charge < -0.3 is 9.47 Å². The van der Waals surface area contributed by atoms with Crippen molar-refractivity contribution >= 4 is 10.9 Å². The van der Waals surface area contributed by atoms with Crippen LogP contribution in [0.5, 0.6) is 11.5 Å². The Bertz CT molecular complexity index is 721. The highest BCUT2D eigenvalue weighted by Gasteiger charge is 2.09. The molecule has 0 bridgehead atoms. The number of hydrogen-bond donors (Lipinski definition) is 0. The van der Waals surface area contributed by atoms with Gasteiger partial charge in [0.2, 0.25) is 0 Å². The molecule has 3 aromatic rings. The Balaban J connectivity index is 2.15. The highest BCUT2D eigenvalue weighted by atomic mass is 16.5. The van der Waals surface area contributed by atoms with Gasteiger partial charge in [0.1, 0.15) is 0 Å². The summed E-state index contributed by atoms with van der Waals surface area (Å²) in [4.78, 5) is 0. The highest BCUT2D eigenvalue weighted by molar-refractivity contribution is 5.82. The number of aromatic nitrogens is 2. The number of aryl methyl sites for hydroxylation is 1. The average molecular weight is 268 g/mol. The van der Waals surface area contributed by atoms with Gasteiger partial charge in [-0.05, 0) is 30.7 Å². The zero-order valence-corrected chi connectivity index (χ0v) is 11.8. The molecule has 2 aromatic carbocycles. The summed E-state index contributed by atoms with van der Waals surface area (Å²) in [5.74, 6) is 1.40. The van der Waals surface area contributed by atoms with Crippen LogP contribution >= 0.6 is 0 Å². The summed E-state index contributed by atoms with van der Waals surface area (Å²) in [5.41, 5.74) is 3.13. The Kier molecular flexibility index (Phi) is 3.06. The van der Waals surface area contributed by atoms with Crippen LogP contribution in [0, 0.1) is 6.92 Å². The van der Waals surface area contributed by atoms with Gasteiger partial charge in [0.15, 0.2) is 11.5 Å². The van der Waals surface area contributed by atoms with Gasteiger partial charge in [0, 0.05) is 17.6 Å². The summed E-state index contributed by atoms with van der Waals surface area (Å²) in [6.45, 7) is 2.07. The third kappa shape index (κ3) is 2.09. The van der Waals surface area contributed by atoms with Gasteiger partial charge >= 0.3 is 0 Å². The summed E-state index contributed by atoms with van der Waals surface area (Å²) >= 11 is 0. The zero-order valence-electron chi connectivity index (χ0n) is 11.8. The Labute approximate surface area is 117 Å². The Hall–Kier alpha value is -2.49. The van der Waals surface area contributed by atoms with Gasteiger partial charge in [-0.2, -0.15) is 5.10 Å². The number of methoxy groups -OCH3 is 2. The molecule has 20 heavy (non-hydrogen) atoms. The van der Waals surface area contributed by atoms with Gasteiger partial charge in [0.25, 0.3) is 0 Å². The van der Waals surface area contributed by atoms with E-state index in [1.54, 1.807) is 14.2 Å². The summed E-state index contributed by atoms with van der Waals surface area (Å²) in [5, 5.41) is 5.61. The van der Waals surface area contributed by atoms with Crippen LogP contribution in [0.3, 0.4) is 0 Å². The molecule has 1 heterocycles. The van der Waals surface area contributed by atoms with Crippen molar-refractivity contribution in [1.82, 2.24) is 9.78 Å². The predicted octanol–water partition coefficient (Wildman–Crippen LogP) is 3.35. The van der Waals surface area contributed by atoms with Crippen molar-refractivity contribution in [2.24, 2.45) is 0 Å². The highest BCUT2D eigenvalue weighted by Crippen LogP contribution is 2.31. The number of benzene rings is 2. The molecule has 0 aliphatic rings. The molecule has 0 fully saturated rings. The number of fused-ring (bicyclic) bond motifs is 1. The third-order valence-electron chi connectivity index (χ3n) is 3.28. The lowest BCUT2D eigenvalue weighted by Crippen LogP contribution is -1.94. The van der Waals surface area contributed by atoms with Crippen molar-refractivity contribution in [1.29, 1.82) is 0 Å². The quantitative estimate of drug-likeness (QED) is 0.731. The maximum absolute atomic E-state index is 5.32. The minimum Gasteiger partial charge on any atom is -0.493 e. The molecule has 0 aliphatic heterocycles. The number of ether oxygens (including phenoxy) is 2. The number of rotatable bonds is 3. The van der Waals surface area contributed by atoms with Crippen LogP contribution in [-0.4, -0.2) is 24.0 Å². The molecule has 4 heteroatoms. The van der Waals surface area contributed by atoms with Gasteiger partial charge in [-0.3, -0.25) is 0 Å². The monoisotopic (exact) mass is 268 g/mol. The first-order valence-electron chi connectivity index (χ1n) is 6.39. The van der Waals surface area contributed by atoms with E-state index < -0.39 is 0 Å². The van der Waals surface area contributed by atoms with E-state index in [1.807, 2.05) is 35.1 Å². The second-order valence-corrected chi connectivity index (χ2v) is 4.68. The summed E-state index contributed by atoms with van der Waals surface area (Å²) < 4.78 is 12.5. The van der Waals surface area contributed by atoms with E-state index in [0.29, 0.717) is 11.5 Å². The molecule has 0 amide bonds. The molecule has 0 N–H and O–H groups in total. The molecular formula is C16H16N2O2. The summed E-state index contributed by atoms with van der Waals surface area (Å²) in [6.07, 6.45) is 1.99. The van der Waals surface area contributed by atoms with Crippen LogP contribution in [0.1, 0.15) is 5.56 Å². The van der Waals surface area contributed by atoms with E-state index in [0.717, 1.165) is 16.6 Å². The lowest BCUT2D eigenvalue weighted by Gasteiger charge is -2.05. The van der Waals surface area contributed by atoms with Crippen LogP contribution in [0.2, 0.25) is 0 Å². The smallest absolute Gasteiger partial charge is 0.162 e. The van der Waals surface area contributed by atoms with Crippen LogP contribution in [0.4, 0.5) is 0 Å². The molecule has 0 unspecified atom stereocenters. The van der Waals surface area contributed by atoms with E-state index in [9.17, 15) is 0 Å². The molecule has 1 aromatic heterocycles. The average Bonchev–Trinajstić information content (AvgIpc) is 2.88. The fourth-order valence-corrected chi connectivity index (χ4v) is 2.25. The largest absolute Gasteiger partial charge is 0.493 e. The van der Waals surface area contributed by atoms with Crippen molar-refractivity contribution in [2.75, 3.05) is 14.2 Å². The van der Waals surface area contributed by atoms with Gasteiger partial charge in [0.05, 0.1) is 25.4 Å². The molecular weight excluding hydrogens is 252 g/mol. The van der Waals surface area contributed by atoms with E-state index in [1.165, 1.54) is 5.56 Å². The minimum absolute atomic E-state index is 0.689. The van der Waals surface area contributed by atoms with E-state index >= 15 is 0 Å². The van der Waals surface area contributed by atoms with E-state index in [-0.39, 0.29) is 0 Å². The fourth-order valence-electron chi connectivity index (χ4n) is 2.25. The molecule has 3 rings (SSSR count). The molecule has 0 saturated heterocycles. The van der Waals surface area contributed by atoms with Gasteiger partial charge in [-0.15, -0.1) is 0 Å². The SMILES string of the molecule is COc1cc2cn(-c3cccc(C)c3)nc2cc1OC. The molecule has 4 nitrogen and oxygen atoms in total. The summed E-state index contributed by atoms with van der Waals surface area (Å²) in [6, 6.07) is 12.1. The lowest BCUT2D eigenvalue weighted by atomic mass is 10.2. The molecule has 0 aliphatic carbocycles. The van der Waals surface area contributed by atoms with Gasteiger partial charge in [-0.25, -0.2) is 4.68 Å². The predicted molar refractivity (Wildman–Crippen MR) is 78.9 cm³/mol. The van der Waals surface area contributed by atoms with Crippen molar-refractivity contribution in [3.05, 3.63) is 48.2 Å². The molecule has 102 valence electrons. The first-order valence-corrected chi connectivity index (χ1v) is 6.39. The van der Waals surface area contributed by atoms with Crippen molar-refractivity contribution in [3.8, 4) is 17.2 Å². The zero-order chi connectivity index (χ0) is 14.1. The molecule has 0 atom stereocenters. The molecule has 0 spiro atoms. The van der Waals surface area contributed by atoms with Crippen LogP contribution < -0.4 is 9.47 Å². The maximum atomic E-state index is 5.32. The standard InChI is InChI=1S/C16H16N2O2/c1-11-5-4-6-13(7-11)18-10-12-8-15(19-2)16(20-3)9-14(12)17-18/h4-10H,1-3H3. The third-order valence-corrected chi connectivity index (χ3v) is 3.28. The fraction of sp³-hybridized carbons (Fsp3) is 0.188. The van der Waals surface area contributed by atoms with Crippen LogP contribution in [0.25, 0.3) is 16.6 Å². The number of nitrogens with zero attached hydrogens (tertiary/aromatic N) is 2. The first kappa shape index (κ1) is 12.5.